The number of nitrogens with zero attached hydrogens (tertiary/aromatic N) is 3. The van der Waals surface area contributed by atoms with E-state index in [1.807, 2.05) is 43.3 Å². The van der Waals surface area contributed by atoms with E-state index in [0.29, 0.717) is 96.4 Å². The predicted molar refractivity (Wildman–Crippen MR) is 179 cm³/mol. The molecule has 248 valence electrons. The SMILES string of the molecule is Cc1nc2c(N)nc3ccccc3c2n1Cc1ccc(CNC(=O)CCCC(=O)NCCCOCCOCCOCCCN)cc1. The van der Waals surface area contributed by atoms with E-state index in [-0.39, 0.29) is 11.8 Å². The van der Waals surface area contributed by atoms with Gasteiger partial charge in [0, 0.05) is 51.1 Å². The number of para-hydroxylation sites is 1. The summed E-state index contributed by atoms with van der Waals surface area (Å²) in [4.78, 5) is 33.6. The Hall–Kier alpha value is -4.10. The minimum atomic E-state index is -0.0757. The molecule has 6 N–H and O–H groups in total. The van der Waals surface area contributed by atoms with Gasteiger partial charge in [0.05, 0.1) is 37.5 Å². The minimum absolute atomic E-state index is 0.0609. The number of hydrogen-bond acceptors (Lipinski definition) is 9. The molecule has 0 aliphatic carbocycles. The van der Waals surface area contributed by atoms with Crippen molar-refractivity contribution in [1.82, 2.24) is 25.2 Å². The standard InChI is InChI=1S/C34H47N7O5/c1-25-39-32-33(28-7-2-3-8-29(28)40-34(32)36)41(25)24-27-13-11-26(12-14-27)23-38-31(43)10-4-9-30(42)37-16-6-18-45-20-22-46-21-19-44-17-5-15-35/h2-3,7-8,11-14H,4-6,9-10,15-24,35H2,1H3,(H2,36,40)(H,37,42)(H,38,43). The Morgan fingerprint density at radius 1 is 0.783 bits per heavy atom. The van der Waals surface area contributed by atoms with Crippen LogP contribution in [0.1, 0.15) is 49.1 Å². The Balaban J connectivity index is 1.07. The van der Waals surface area contributed by atoms with Crippen LogP contribution >= 0.6 is 0 Å². The molecule has 0 unspecified atom stereocenters. The Bertz CT molecular complexity index is 1540. The summed E-state index contributed by atoms with van der Waals surface area (Å²) in [5, 5.41) is 6.84. The number of ether oxygens (including phenoxy) is 3. The number of fused-ring (bicyclic) bond motifs is 3. The normalized spacial score (nSPS) is 11.3. The number of imidazole rings is 1. The highest BCUT2D eigenvalue weighted by molar-refractivity contribution is 6.06. The summed E-state index contributed by atoms with van der Waals surface area (Å²) in [7, 11) is 0. The number of carbonyl (C=O) groups is 2. The van der Waals surface area contributed by atoms with Crippen LogP contribution < -0.4 is 22.1 Å². The molecule has 0 aliphatic rings. The summed E-state index contributed by atoms with van der Waals surface area (Å²) in [6, 6.07) is 16.1. The van der Waals surface area contributed by atoms with Gasteiger partial charge in [-0.3, -0.25) is 9.59 Å². The van der Waals surface area contributed by atoms with Crippen molar-refractivity contribution in [3.63, 3.8) is 0 Å². The molecule has 0 aliphatic heterocycles. The monoisotopic (exact) mass is 633 g/mol. The number of aromatic nitrogens is 3. The number of anilines is 1. The van der Waals surface area contributed by atoms with Crippen molar-refractivity contribution in [1.29, 1.82) is 0 Å². The number of aryl methyl sites for hydroxylation is 1. The molecule has 2 amide bonds. The lowest BCUT2D eigenvalue weighted by Gasteiger charge is -2.11. The van der Waals surface area contributed by atoms with Crippen molar-refractivity contribution >= 4 is 39.6 Å². The van der Waals surface area contributed by atoms with Crippen molar-refractivity contribution in [2.75, 3.05) is 58.5 Å². The third-order valence-electron chi connectivity index (χ3n) is 7.49. The van der Waals surface area contributed by atoms with E-state index >= 15 is 0 Å². The Morgan fingerprint density at radius 3 is 2.13 bits per heavy atom. The van der Waals surface area contributed by atoms with Crippen LogP contribution in [-0.4, -0.2) is 79.1 Å². The topological polar surface area (TPSA) is 169 Å². The molecule has 0 fully saturated rings. The number of nitrogens with one attached hydrogen (secondary N) is 2. The summed E-state index contributed by atoms with van der Waals surface area (Å²) in [5.41, 5.74) is 16.3. The first-order chi connectivity index (χ1) is 22.5. The molecule has 12 heteroatoms. The summed E-state index contributed by atoms with van der Waals surface area (Å²) < 4.78 is 18.5. The molecule has 2 aromatic heterocycles. The van der Waals surface area contributed by atoms with Gasteiger partial charge in [-0.05, 0) is 49.9 Å². The molecule has 12 nitrogen and oxygen atoms in total. The van der Waals surface area contributed by atoms with Gasteiger partial charge in [-0.25, -0.2) is 9.97 Å². The Labute approximate surface area is 270 Å². The highest BCUT2D eigenvalue weighted by atomic mass is 16.5. The number of nitrogen functional groups attached to an aromatic ring is 1. The second-order valence-electron chi connectivity index (χ2n) is 11.1. The van der Waals surface area contributed by atoms with E-state index in [2.05, 4.69) is 32.3 Å². The summed E-state index contributed by atoms with van der Waals surface area (Å²) >= 11 is 0. The number of rotatable bonds is 21. The first-order valence-electron chi connectivity index (χ1n) is 16.0. The van der Waals surface area contributed by atoms with Gasteiger partial charge in [0.25, 0.3) is 0 Å². The Morgan fingerprint density at radius 2 is 1.41 bits per heavy atom. The Kier molecular flexibility index (Phi) is 14.2. The number of amides is 2. The molecule has 4 aromatic rings. The number of benzene rings is 2. The van der Waals surface area contributed by atoms with Crippen LogP contribution in [0.15, 0.2) is 48.5 Å². The predicted octanol–water partition coefficient (Wildman–Crippen LogP) is 3.21. The van der Waals surface area contributed by atoms with E-state index in [1.165, 1.54) is 0 Å². The van der Waals surface area contributed by atoms with Crippen LogP contribution in [0.5, 0.6) is 0 Å². The molecule has 0 atom stereocenters. The fourth-order valence-corrected chi connectivity index (χ4v) is 5.03. The third kappa shape index (κ3) is 10.8. The maximum atomic E-state index is 12.4. The van der Waals surface area contributed by atoms with Crippen LogP contribution in [0.25, 0.3) is 21.9 Å². The molecule has 0 bridgehead atoms. The highest BCUT2D eigenvalue weighted by Gasteiger charge is 2.15. The number of hydrogen-bond donors (Lipinski definition) is 4. The van der Waals surface area contributed by atoms with Gasteiger partial charge < -0.3 is 40.9 Å². The average Bonchev–Trinajstić information content (AvgIpc) is 3.39. The van der Waals surface area contributed by atoms with E-state index in [1.54, 1.807) is 0 Å². The summed E-state index contributed by atoms with van der Waals surface area (Å²) in [6.07, 6.45) is 2.67. The van der Waals surface area contributed by atoms with E-state index < -0.39 is 0 Å². The maximum absolute atomic E-state index is 12.4. The molecule has 46 heavy (non-hydrogen) atoms. The second kappa shape index (κ2) is 18.8. The molecular formula is C34H47N7O5. The van der Waals surface area contributed by atoms with Gasteiger partial charge in [-0.2, -0.15) is 0 Å². The van der Waals surface area contributed by atoms with Crippen molar-refractivity contribution in [2.24, 2.45) is 5.73 Å². The largest absolute Gasteiger partial charge is 0.382 e. The van der Waals surface area contributed by atoms with Crippen molar-refractivity contribution in [3.05, 3.63) is 65.5 Å². The molecule has 0 spiro atoms. The van der Waals surface area contributed by atoms with Crippen LogP contribution in [0.2, 0.25) is 0 Å². The number of nitrogens with two attached hydrogens (primary N) is 2. The average molecular weight is 634 g/mol. The minimum Gasteiger partial charge on any atom is -0.382 e. The lowest BCUT2D eigenvalue weighted by molar-refractivity contribution is -0.122. The first-order valence-corrected chi connectivity index (χ1v) is 16.0. The fourth-order valence-electron chi connectivity index (χ4n) is 5.03. The second-order valence-corrected chi connectivity index (χ2v) is 11.1. The molecule has 2 heterocycles. The van der Waals surface area contributed by atoms with Gasteiger partial charge in [0.1, 0.15) is 11.3 Å². The van der Waals surface area contributed by atoms with E-state index in [9.17, 15) is 9.59 Å². The van der Waals surface area contributed by atoms with Crippen molar-refractivity contribution in [3.8, 4) is 0 Å². The van der Waals surface area contributed by atoms with Crippen LogP contribution in [0, 0.1) is 6.92 Å². The van der Waals surface area contributed by atoms with Gasteiger partial charge in [0.2, 0.25) is 11.8 Å². The van der Waals surface area contributed by atoms with Gasteiger partial charge in [-0.15, -0.1) is 0 Å². The number of pyridine rings is 1. The van der Waals surface area contributed by atoms with Crippen LogP contribution in [0.3, 0.4) is 0 Å². The smallest absolute Gasteiger partial charge is 0.220 e. The first kappa shape index (κ1) is 34.8. The fraction of sp³-hybridized carbons (Fsp3) is 0.471. The molecule has 4 rings (SSSR count). The lowest BCUT2D eigenvalue weighted by Crippen LogP contribution is -2.26. The molecule has 2 aromatic carbocycles. The molecule has 0 radical (unpaired) electrons. The molecule has 0 saturated heterocycles. The lowest BCUT2D eigenvalue weighted by atomic mass is 10.1. The van der Waals surface area contributed by atoms with Gasteiger partial charge in [-0.1, -0.05) is 42.5 Å². The molecule has 0 saturated carbocycles. The maximum Gasteiger partial charge on any atom is 0.220 e. The van der Waals surface area contributed by atoms with Gasteiger partial charge >= 0.3 is 0 Å². The van der Waals surface area contributed by atoms with Gasteiger partial charge in [0.15, 0.2) is 5.82 Å². The van der Waals surface area contributed by atoms with Crippen molar-refractivity contribution < 1.29 is 23.8 Å². The quantitative estimate of drug-likeness (QED) is 0.101. The van der Waals surface area contributed by atoms with E-state index in [0.717, 1.165) is 46.2 Å². The van der Waals surface area contributed by atoms with Crippen molar-refractivity contribution in [2.45, 2.75) is 52.1 Å². The zero-order valence-electron chi connectivity index (χ0n) is 26.8. The number of carbonyl (C=O) groups excluding carboxylic acids is 2. The summed E-state index contributed by atoms with van der Waals surface area (Å²) in [5.74, 6) is 1.16. The third-order valence-corrected chi connectivity index (χ3v) is 7.49. The van der Waals surface area contributed by atoms with Crippen LogP contribution in [0.4, 0.5) is 5.82 Å². The van der Waals surface area contributed by atoms with E-state index in [4.69, 9.17) is 30.7 Å². The molecular weight excluding hydrogens is 586 g/mol. The zero-order chi connectivity index (χ0) is 32.6. The zero-order valence-corrected chi connectivity index (χ0v) is 26.8. The summed E-state index contributed by atoms with van der Waals surface area (Å²) in [6.45, 7) is 7.52. The van der Waals surface area contributed by atoms with Crippen LogP contribution in [-0.2, 0) is 36.9 Å². The highest BCUT2D eigenvalue weighted by Crippen LogP contribution is 2.29.